The van der Waals surface area contributed by atoms with Gasteiger partial charge in [-0.25, -0.2) is 0 Å². The second kappa shape index (κ2) is 6.78. The molecule has 0 bridgehead atoms. The van der Waals surface area contributed by atoms with Gasteiger partial charge in [0.15, 0.2) is 0 Å². The minimum atomic E-state index is 0.242. The summed E-state index contributed by atoms with van der Waals surface area (Å²) in [6, 6.07) is 14.1. The molecule has 0 aliphatic rings. The Balaban J connectivity index is 2.28. The van der Waals surface area contributed by atoms with Gasteiger partial charge in [-0.2, -0.15) is 0 Å². The standard InChI is InChI=1S/C17H20ClNO/c1-12-3-8-17(20-2)16(9-12)14(11-19)10-13-4-6-15(18)7-5-13/h3-9,14H,10-11,19H2,1-2H3. The Morgan fingerprint density at radius 3 is 2.45 bits per heavy atom. The lowest BCUT2D eigenvalue weighted by Crippen LogP contribution is -2.16. The first-order valence-corrected chi connectivity index (χ1v) is 7.11. The summed E-state index contributed by atoms with van der Waals surface area (Å²) in [5.74, 6) is 1.14. The molecule has 2 N–H and O–H groups in total. The molecule has 2 nitrogen and oxygen atoms in total. The van der Waals surface area contributed by atoms with E-state index in [9.17, 15) is 0 Å². The van der Waals surface area contributed by atoms with Crippen molar-refractivity contribution in [2.24, 2.45) is 5.73 Å². The zero-order valence-electron chi connectivity index (χ0n) is 11.9. The number of hydrogen-bond donors (Lipinski definition) is 1. The topological polar surface area (TPSA) is 35.2 Å². The summed E-state index contributed by atoms with van der Waals surface area (Å²) in [5, 5.41) is 0.756. The van der Waals surface area contributed by atoms with Gasteiger partial charge >= 0.3 is 0 Å². The van der Waals surface area contributed by atoms with E-state index in [0.29, 0.717) is 6.54 Å². The van der Waals surface area contributed by atoms with Gasteiger partial charge in [0, 0.05) is 10.9 Å². The first-order valence-electron chi connectivity index (χ1n) is 6.73. The second-order valence-corrected chi connectivity index (χ2v) is 5.45. The molecule has 0 radical (unpaired) electrons. The highest BCUT2D eigenvalue weighted by Crippen LogP contribution is 2.30. The molecule has 0 heterocycles. The maximum atomic E-state index is 5.97. The van der Waals surface area contributed by atoms with Crippen molar-refractivity contribution >= 4 is 11.6 Å². The van der Waals surface area contributed by atoms with Crippen LogP contribution in [0.1, 0.15) is 22.6 Å². The van der Waals surface area contributed by atoms with Crippen LogP contribution in [0.4, 0.5) is 0 Å². The van der Waals surface area contributed by atoms with Crippen molar-refractivity contribution in [2.45, 2.75) is 19.3 Å². The van der Waals surface area contributed by atoms with E-state index in [2.05, 4.69) is 19.1 Å². The highest BCUT2D eigenvalue weighted by Gasteiger charge is 2.15. The van der Waals surface area contributed by atoms with Crippen LogP contribution in [0, 0.1) is 6.92 Å². The van der Waals surface area contributed by atoms with Gasteiger partial charge in [-0.15, -0.1) is 0 Å². The first-order chi connectivity index (χ1) is 9.63. The smallest absolute Gasteiger partial charge is 0.122 e. The lowest BCUT2D eigenvalue weighted by Gasteiger charge is -2.19. The molecule has 0 aromatic heterocycles. The Morgan fingerprint density at radius 1 is 1.15 bits per heavy atom. The van der Waals surface area contributed by atoms with Crippen molar-refractivity contribution in [3.63, 3.8) is 0 Å². The molecule has 2 rings (SSSR count). The quantitative estimate of drug-likeness (QED) is 0.905. The molecule has 2 aromatic carbocycles. The van der Waals surface area contributed by atoms with Crippen LogP contribution in [-0.2, 0) is 6.42 Å². The molecule has 0 aliphatic carbocycles. The van der Waals surface area contributed by atoms with Gasteiger partial charge in [-0.05, 0) is 49.2 Å². The zero-order valence-corrected chi connectivity index (χ0v) is 12.7. The number of methoxy groups -OCH3 is 1. The van der Waals surface area contributed by atoms with E-state index in [4.69, 9.17) is 22.1 Å². The van der Waals surface area contributed by atoms with Crippen LogP contribution in [-0.4, -0.2) is 13.7 Å². The Bertz CT molecular complexity index is 566. The molecule has 3 heteroatoms. The van der Waals surface area contributed by atoms with Crippen molar-refractivity contribution in [2.75, 3.05) is 13.7 Å². The molecule has 20 heavy (non-hydrogen) atoms. The second-order valence-electron chi connectivity index (χ2n) is 5.01. The molecule has 0 saturated carbocycles. The summed E-state index contributed by atoms with van der Waals surface area (Å²) in [6.45, 7) is 2.67. The van der Waals surface area contributed by atoms with Gasteiger partial charge in [0.05, 0.1) is 7.11 Å². The van der Waals surface area contributed by atoms with Gasteiger partial charge < -0.3 is 10.5 Å². The predicted octanol–water partition coefficient (Wildman–Crippen LogP) is 3.94. The minimum Gasteiger partial charge on any atom is -0.496 e. The maximum absolute atomic E-state index is 5.97. The fraction of sp³-hybridized carbons (Fsp3) is 0.294. The molecule has 1 atom stereocenters. The average molecular weight is 290 g/mol. The van der Waals surface area contributed by atoms with Crippen molar-refractivity contribution in [1.82, 2.24) is 0 Å². The van der Waals surface area contributed by atoms with Crippen LogP contribution >= 0.6 is 11.6 Å². The molecular formula is C17H20ClNO. The van der Waals surface area contributed by atoms with Gasteiger partial charge in [-0.1, -0.05) is 41.4 Å². The summed E-state index contributed by atoms with van der Waals surface area (Å²) in [6.07, 6.45) is 0.882. The highest BCUT2D eigenvalue weighted by atomic mass is 35.5. The van der Waals surface area contributed by atoms with Crippen LogP contribution in [0.5, 0.6) is 5.75 Å². The maximum Gasteiger partial charge on any atom is 0.122 e. The normalized spacial score (nSPS) is 12.2. The monoisotopic (exact) mass is 289 g/mol. The predicted molar refractivity (Wildman–Crippen MR) is 84.7 cm³/mol. The van der Waals surface area contributed by atoms with E-state index < -0.39 is 0 Å². The summed E-state index contributed by atoms with van der Waals surface area (Å²) < 4.78 is 5.46. The van der Waals surface area contributed by atoms with E-state index in [1.807, 2.05) is 30.3 Å². The largest absolute Gasteiger partial charge is 0.496 e. The summed E-state index contributed by atoms with van der Waals surface area (Å²) in [5.41, 5.74) is 9.59. The number of aryl methyl sites for hydroxylation is 1. The first kappa shape index (κ1) is 14.9. The van der Waals surface area contributed by atoms with Crippen LogP contribution in [0.2, 0.25) is 5.02 Å². The Hall–Kier alpha value is -1.51. The van der Waals surface area contributed by atoms with Crippen molar-refractivity contribution < 1.29 is 4.74 Å². The van der Waals surface area contributed by atoms with Crippen LogP contribution in [0.25, 0.3) is 0 Å². The third kappa shape index (κ3) is 3.53. The molecule has 0 amide bonds. The number of benzene rings is 2. The Kier molecular flexibility index (Phi) is 5.05. The third-order valence-corrected chi connectivity index (χ3v) is 3.76. The Labute approximate surface area is 125 Å². The van der Waals surface area contributed by atoms with Gasteiger partial charge in [0.25, 0.3) is 0 Å². The van der Waals surface area contributed by atoms with E-state index in [1.165, 1.54) is 16.7 Å². The zero-order chi connectivity index (χ0) is 14.5. The summed E-state index contributed by atoms with van der Waals surface area (Å²) in [4.78, 5) is 0. The van der Waals surface area contributed by atoms with E-state index in [1.54, 1.807) is 7.11 Å². The molecular weight excluding hydrogens is 270 g/mol. The van der Waals surface area contributed by atoms with Crippen LogP contribution < -0.4 is 10.5 Å². The molecule has 0 saturated heterocycles. The highest BCUT2D eigenvalue weighted by molar-refractivity contribution is 6.30. The van der Waals surface area contributed by atoms with Gasteiger partial charge in [0.2, 0.25) is 0 Å². The summed E-state index contributed by atoms with van der Waals surface area (Å²) >= 11 is 5.92. The SMILES string of the molecule is COc1ccc(C)cc1C(CN)Cc1ccc(Cl)cc1. The lowest BCUT2D eigenvalue weighted by molar-refractivity contribution is 0.405. The molecule has 0 fully saturated rings. The van der Waals surface area contributed by atoms with Gasteiger partial charge in [0.1, 0.15) is 5.75 Å². The van der Waals surface area contributed by atoms with Crippen molar-refractivity contribution in [3.05, 3.63) is 64.2 Å². The molecule has 1 unspecified atom stereocenters. The molecule has 2 aromatic rings. The van der Waals surface area contributed by atoms with E-state index in [0.717, 1.165) is 17.2 Å². The van der Waals surface area contributed by atoms with Crippen LogP contribution in [0.15, 0.2) is 42.5 Å². The van der Waals surface area contributed by atoms with Gasteiger partial charge in [-0.3, -0.25) is 0 Å². The van der Waals surface area contributed by atoms with Crippen LogP contribution in [0.3, 0.4) is 0 Å². The number of halogens is 1. The number of ether oxygens (including phenoxy) is 1. The van der Waals surface area contributed by atoms with Crippen molar-refractivity contribution in [3.8, 4) is 5.75 Å². The number of hydrogen-bond acceptors (Lipinski definition) is 2. The molecule has 106 valence electrons. The number of nitrogens with two attached hydrogens (primary N) is 1. The minimum absolute atomic E-state index is 0.242. The average Bonchev–Trinajstić information content (AvgIpc) is 2.46. The van der Waals surface area contributed by atoms with E-state index >= 15 is 0 Å². The van der Waals surface area contributed by atoms with E-state index in [-0.39, 0.29) is 5.92 Å². The number of rotatable bonds is 5. The fourth-order valence-electron chi connectivity index (χ4n) is 2.40. The third-order valence-electron chi connectivity index (χ3n) is 3.50. The molecule has 0 aliphatic heterocycles. The Morgan fingerprint density at radius 2 is 1.85 bits per heavy atom. The van der Waals surface area contributed by atoms with Crippen molar-refractivity contribution in [1.29, 1.82) is 0 Å². The lowest BCUT2D eigenvalue weighted by atomic mass is 9.90. The molecule has 0 spiro atoms. The fourth-order valence-corrected chi connectivity index (χ4v) is 2.52. The summed E-state index contributed by atoms with van der Waals surface area (Å²) in [7, 11) is 1.70.